The molecule has 0 aromatic heterocycles. The number of amides is 2. The molecule has 0 aliphatic carbocycles. The highest BCUT2D eigenvalue weighted by Gasteiger charge is 2.60. The number of carbonyl (C=O) groups excluding carboxylic acids is 1. The summed E-state index contributed by atoms with van der Waals surface area (Å²) in [6.45, 7) is 3.39. The number of hydrogen-bond acceptors (Lipinski definition) is 4. The van der Waals surface area contributed by atoms with Crippen LogP contribution in [0.1, 0.15) is 13.8 Å². The molecule has 2 heterocycles. The van der Waals surface area contributed by atoms with Crippen molar-refractivity contribution in [3.8, 4) is 0 Å². The van der Waals surface area contributed by atoms with Crippen molar-refractivity contribution in [2.24, 2.45) is 0 Å². The van der Waals surface area contributed by atoms with E-state index in [2.05, 4.69) is 5.32 Å². The average molecular weight is 260 g/mol. The van der Waals surface area contributed by atoms with Crippen LogP contribution < -0.4 is 5.32 Å². The zero-order valence-electron chi connectivity index (χ0n) is 9.21. The summed E-state index contributed by atoms with van der Waals surface area (Å²) in [5.74, 6) is -2.27. The Morgan fingerprint density at radius 1 is 1.35 bits per heavy atom. The summed E-state index contributed by atoms with van der Waals surface area (Å²) in [6.07, 6.45) is 0. The van der Waals surface area contributed by atoms with Crippen molar-refractivity contribution >= 4 is 29.7 Å². The van der Waals surface area contributed by atoms with Gasteiger partial charge in [-0.3, -0.25) is 4.90 Å². The lowest BCUT2D eigenvalue weighted by molar-refractivity contribution is -0.143. The van der Waals surface area contributed by atoms with Crippen LogP contribution in [0.5, 0.6) is 0 Å². The third-order valence-corrected chi connectivity index (χ3v) is 4.51. The molecule has 7 nitrogen and oxygen atoms in total. The second-order valence-electron chi connectivity index (χ2n) is 4.53. The van der Waals surface area contributed by atoms with Gasteiger partial charge in [-0.2, -0.15) is 0 Å². The first kappa shape index (κ1) is 12.0. The monoisotopic (exact) mass is 260 g/mol. The Hall–Kier alpha value is -1.44. The first-order valence-corrected chi connectivity index (χ1v) is 5.86. The fraction of sp³-hybridized carbons (Fsp3) is 0.667. The van der Waals surface area contributed by atoms with Crippen LogP contribution in [0.2, 0.25) is 0 Å². The summed E-state index contributed by atoms with van der Waals surface area (Å²) in [4.78, 5) is 34.9. The number of fused-ring (bicyclic) bond motifs is 1. The van der Waals surface area contributed by atoms with E-state index >= 15 is 0 Å². The maximum Gasteiger partial charge on any atom is 0.329 e. The molecule has 2 aliphatic heterocycles. The average Bonchev–Trinajstić information content (AvgIpc) is 2.59. The highest BCUT2D eigenvalue weighted by molar-refractivity contribution is 8.01. The number of aliphatic carboxylic acids is 2. The van der Waals surface area contributed by atoms with Crippen molar-refractivity contribution in [2.75, 3.05) is 0 Å². The molecule has 0 spiro atoms. The molecule has 94 valence electrons. The van der Waals surface area contributed by atoms with Crippen LogP contribution in [0.15, 0.2) is 0 Å². The number of thioether (sulfide) groups is 1. The quantitative estimate of drug-likeness (QED) is 0.633. The zero-order valence-corrected chi connectivity index (χ0v) is 10.0. The molecule has 0 radical (unpaired) electrons. The molecule has 2 rings (SSSR count). The smallest absolute Gasteiger partial charge is 0.329 e. The van der Waals surface area contributed by atoms with Gasteiger partial charge in [0.1, 0.15) is 11.4 Å². The van der Waals surface area contributed by atoms with E-state index in [1.807, 2.05) is 0 Å². The molecule has 3 unspecified atom stereocenters. The number of rotatable bonds is 2. The summed E-state index contributed by atoms with van der Waals surface area (Å²) in [7, 11) is 0. The van der Waals surface area contributed by atoms with Crippen LogP contribution >= 0.6 is 11.8 Å². The standard InChI is InChI=1S/C9H12N2O5S/c1-9(2)4(7(14)15)11-5(17-9)3(6(12)13)10-8(11)16/h3-5H,1-2H3,(H,10,16)(H,12,13)(H,14,15). The molecule has 2 fully saturated rings. The third-order valence-electron chi connectivity index (χ3n) is 2.93. The van der Waals surface area contributed by atoms with Gasteiger partial charge in [-0.05, 0) is 13.8 Å². The Bertz CT molecular complexity index is 410. The fourth-order valence-corrected chi connectivity index (χ4v) is 3.87. The molecule has 0 aromatic rings. The van der Waals surface area contributed by atoms with Crippen LogP contribution in [-0.2, 0) is 9.59 Å². The van der Waals surface area contributed by atoms with Crippen LogP contribution in [0.25, 0.3) is 0 Å². The number of hydrogen-bond donors (Lipinski definition) is 3. The molecule has 0 saturated carbocycles. The SMILES string of the molecule is CC1(C)SC2C(C(=O)O)NC(=O)N2C1C(=O)O. The van der Waals surface area contributed by atoms with E-state index in [-0.39, 0.29) is 0 Å². The molecule has 2 aliphatic rings. The Labute approximate surface area is 101 Å². The van der Waals surface area contributed by atoms with E-state index in [9.17, 15) is 14.4 Å². The minimum absolute atomic E-state index is 0.632. The number of carboxylic acids is 2. The number of urea groups is 1. The molecule has 2 saturated heterocycles. The van der Waals surface area contributed by atoms with E-state index in [0.29, 0.717) is 0 Å². The first-order valence-electron chi connectivity index (χ1n) is 4.98. The lowest BCUT2D eigenvalue weighted by Crippen LogP contribution is -2.49. The van der Waals surface area contributed by atoms with Gasteiger partial charge in [0.25, 0.3) is 0 Å². The lowest BCUT2D eigenvalue weighted by Gasteiger charge is -2.25. The highest BCUT2D eigenvalue weighted by Crippen LogP contribution is 2.47. The number of carboxylic acid groups (broad SMARTS) is 2. The summed E-state index contributed by atoms with van der Waals surface area (Å²) in [5.41, 5.74) is 0. The highest BCUT2D eigenvalue weighted by atomic mass is 32.2. The maximum atomic E-state index is 11.6. The minimum Gasteiger partial charge on any atom is -0.480 e. The van der Waals surface area contributed by atoms with Crippen molar-refractivity contribution in [1.82, 2.24) is 10.2 Å². The topological polar surface area (TPSA) is 107 Å². The molecule has 3 atom stereocenters. The second-order valence-corrected chi connectivity index (χ2v) is 6.30. The molecule has 0 aromatic carbocycles. The molecular formula is C9H12N2O5S. The minimum atomic E-state index is -1.15. The maximum absolute atomic E-state index is 11.6. The Morgan fingerprint density at radius 3 is 2.41 bits per heavy atom. The van der Waals surface area contributed by atoms with Gasteiger partial charge in [-0.15, -0.1) is 11.8 Å². The van der Waals surface area contributed by atoms with Gasteiger partial charge in [-0.25, -0.2) is 14.4 Å². The largest absolute Gasteiger partial charge is 0.480 e. The first-order chi connectivity index (χ1) is 7.75. The predicted octanol–water partition coefficient (Wildman–Crippen LogP) is -0.231. The Balaban J connectivity index is 2.38. The van der Waals surface area contributed by atoms with Crippen LogP contribution in [0.4, 0.5) is 4.79 Å². The third kappa shape index (κ3) is 1.63. The van der Waals surface area contributed by atoms with E-state index < -0.39 is 40.2 Å². The molecular weight excluding hydrogens is 248 g/mol. The summed E-state index contributed by atoms with van der Waals surface area (Å²) < 4.78 is -0.706. The second kappa shape index (κ2) is 3.52. The normalized spacial score (nSPS) is 34.4. The van der Waals surface area contributed by atoms with E-state index in [4.69, 9.17) is 10.2 Å². The molecule has 17 heavy (non-hydrogen) atoms. The molecule has 8 heteroatoms. The molecule has 0 bridgehead atoms. The van der Waals surface area contributed by atoms with Crippen molar-refractivity contribution in [3.63, 3.8) is 0 Å². The van der Waals surface area contributed by atoms with Crippen molar-refractivity contribution in [1.29, 1.82) is 0 Å². The summed E-state index contributed by atoms with van der Waals surface area (Å²) in [6, 6.07) is -2.70. The van der Waals surface area contributed by atoms with Gasteiger partial charge in [0, 0.05) is 4.75 Å². The van der Waals surface area contributed by atoms with Crippen molar-refractivity contribution in [2.45, 2.75) is 36.1 Å². The van der Waals surface area contributed by atoms with Crippen LogP contribution in [-0.4, -0.2) is 55.3 Å². The summed E-state index contributed by atoms with van der Waals surface area (Å²) in [5, 5.41) is 19.7. The van der Waals surface area contributed by atoms with Crippen LogP contribution in [0.3, 0.4) is 0 Å². The van der Waals surface area contributed by atoms with Gasteiger partial charge in [0.15, 0.2) is 6.04 Å². The van der Waals surface area contributed by atoms with E-state index in [1.165, 1.54) is 11.8 Å². The van der Waals surface area contributed by atoms with Crippen molar-refractivity contribution in [3.05, 3.63) is 0 Å². The van der Waals surface area contributed by atoms with E-state index in [1.54, 1.807) is 13.8 Å². The van der Waals surface area contributed by atoms with E-state index in [0.717, 1.165) is 4.90 Å². The Kier molecular flexibility index (Phi) is 2.49. The molecule has 3 N–H and O–H groups in total. The van der Waals surface area contributed by atoms with Crippen molar-refractivity contribution < 1.29 is 24.6 Å². The zero-order chi connectivity index (χ0) is 13.0. The van der Waals surface area contributed by atoms with Crippen LogP contribution in [0, 0.1) is 0 Å². The summed E-state index contributed by atoms with van der Waals surface area (Å²) >= 11 is 1.20. The Morgan fingerprint density at radius 2 is 1.94 bits per heavy atom. The molecule has 2 amide bonds. The number of nitrogens with one attached hydrogen (secondary N) is 1. The van der Waals surface area contributed by atoms with Gasteiger partial charge >= 0.3 is 18.0 Å². The van der Waals surface area contributed by atoms with Gasteiger partial charge in [0.05, 0.1) is 0 Å². The van der Waals surface area contributed by atoms with Gasteiger partial charge < -0.3 is 15.5 Å². The fourth-order valence-electron chi connectivity index (χ4n) is 2.25. The van der Waals surface area contributed by atoms with Gasteiger partial charge in [0.2, 0.25) is 0 Å². The number of carbonyl (C=O) groups is 3. The van der Waals surface area contributed by atoms with Gasteiger partial charge in [-0.1, -0.05) is 0 Å². The number of nitrogens with zero attached hydrogens (tertiary/aromatic N) is 1. The predicted molar refractivity (Wildman–Crippen MR) is 58.7 cm³/mol. The lowest BCUT2D eigenvalue weighted by atomic mass is 10.0.